The summed E-state index contributed by atoms with van der Waals surface area (Å²) in [6.07, 6.45) is 5.25. The van der Waals surface area contributed by atoms with Crippen LogP contribution in [0.3, 0.4) is 0 Å². The van der Waals surface area contributed by atoms with Gasteiger partial charge in [-0.05, 0) is 32.3 Å². The summed E-state index contributed by atoms with van der Waals surface area (Å²) in [5.74, 6) is -0.219. The molecule has 3 heteroatoms. The first-order valence-electron chi connectivity index (χ1n) is 5.65. The third kappa shape index (κ3) is 2.95. The van der Waals surface area contributed by atoms with E-state index in [1.165, 1.54) is 0 Å². The van der Waals surface area contributed by atoms with E-state index in [4.69, 9.17) is 9.47 Å². The van der Waals surface area contributed by atoms with Crippen LogP contribution in [0, 0.1) is 5.41 Å². The highest BCUT2D eigenvalue weighted by Crippen LogP contribution is 2.31. The summed E-state index contributed by atoms with van der Waals surface area (Å²) in [6, 6.07) is 0. The standard InChI is InChI=1S/C13H20O3/c1-4-11(3)9-16-12(14)13(5-2)7-6-8-15-10-13/h4-5H,2,6-10H2,1,3H3. The van der Waals surface area contributed by atoms with Crippen LogP contribution in [0.2, 0.25) is 0 Å². The van der Waals surface area contributed by atoms with E-state index >= 15 is 0 Å². The minimum Gasteiger partial charge on any atom is -0.460 e. The first-order chi connectivity index (χ1) is 7.64. The van der Waals surface area contributed by atoms with Crippen molar-refractivity contribution < 1.29 is 14.3 Å². The molecule has 1 saturated heterocycles. The van der Waals surface area contributed by atoms with Gasteiger partial charge in [0.15, 0.2) is 0 Å². The summed E-state index contributed by atoms with van der Waals surface area (Å²) in [5.41, 5.74) is 0.413. The van der Waals surface area contributed by atoms with Gasteiger partial charge in [-0.2, -0.15) is 0 Å². The van der Waals surface area contributed by atoms with Gasteiger partial charge in [0.2, 0.25) is 0 Å². The average molecular weight is 224 g/mol. The van der Waals surface area contributed by atoms with Crippen molar-refractivity contribution in [3.63, 3.8) is 0 Å². The molecule has 1 rings (SSSR count). The van der Waals surface area contributed by atoms with Gasteiger partial charge in [-0.3, -0.25) is 4.79 Å². The molecule has 90 valence electrons. The Morgan fingerprint density at radius 3 is 2.88 bits per heavy atom. The highest BCUT2D eigenvalue weighted by Gasteiger charge is 2.39. The minimum absolute atomic E-state index is 0.219. The number of hydrogen-bond acceptors (Lipinski definition) is 3. The molecule has 1 aliphatic heterocycles. The molecule has 0 aromatic rings. The summed E-state index contributed by atoms with van der Waals surface area (Å²) < 4.78 is 10.6. The molecule has 0 spiro atoms. The van der Waals surface area contributed by atoms with E-state index in [1.807, 2.05) is 19.9 Å². The molecular weight excluding hydrogens is 204 g/mol. The van der Waals surface area contributed by atoms with Crippen molar-refractivity contribution in [2.45, 2.75) is 26.7 Å². The Bertz CT molecular complexity index is 286. The van der Waals surface area contributed by atoms with E-state index in [1.54, 1.807) is 6.08 Å². The summed E-state index contributed by atoms with van der Waals surface area (Å²) in [4.78, 5) is 12.0. The molecule has 1 heterocycles. The van der Waals surface area contributed by atoms with Crippen molar-refractivity contribution >= 4 is 5.97 Å². The van der Waals surface area contributed by atoms with Crippen LogP contribution in [0.5, 0.6) is 0 Å². The van der Waals surface area contributed by atoms with Crippen LogP contribution in [0.15, 0.2) is 24.3 Å². The predicted octanol–water partition coefficient (Wildman–Crippen LogP) is 2.48. The number of allylic oxidation sites excluding steroid dienone is 1. The molecule has 0 aromatic heterocycles. The zero-order valence-electron chi connectivity index (χ0n) is 10.1. The Morgan fingerprint density at radius 1 is 1.62 bits per heavy atom. The third-order valence-electron chi connectivity index (χ3n) is 2.99. The van der Waals surface area contributed by atoms with Crippen LogP contribution >= 0.6 is 0 Å². The minimum atomic E-state index is -0.633. The smallest absolute Gasteiger partial charge is 0.318 e. The maximum atomic E-state index is 12.0. The van der Waals surface area contributed by atoms with Gasteiger partial charge in [-0.15, -0.1) is 6.58 Å². The monoisotopic (exact) mass is 224 g/mol. The molecule has 0 aromatic carbocycles. The molecule has 0 N–H and O–H groups in total. The van der Waals surface area contributed by atoms with Crippen LogP contribution in [0.1, 0.15) is 26.7 Å². The highest BCUT2D eigenvalue weighted by atomic mass is 16.5. The molecular formula is C13H20O3. The number of ether oxygens (including phenoxy) is 2. The molecule has 1 atom stereocenters. The first-order valence-corrected chi connectivity index (χ1v) is 5.65. The van der Waals surface area contributed by atoms with Crippen molar-refractivity contribution in [2.24, 2.45) is 5.41 Å². The van der Waals surface area contributed by atoms with Crippen molar-refractivity contribution in [1.82, 2.24) is 0 Å². The second-order valence-electron chi connectivity index (χ2n) is 4.23. The average Bonchev–Trinajstić information content (AvgIpc) is 2.36. The van der Waals surface area contributed by atoms with E-state index < -0.39 is 5.41 Å². The van der Waals surface area contributed by atoms with E-state index in [-0.39, 0.29) is 5.97 Å². The molecule has 0 radical (unpaired) electrons. The van der Waals surface area contributed by atoms with E-state index in [9.17, 15) is 4.79 Å². The van der Waals surface area contributed by atoms with Gasteiger partial charge >= 0.3 is 5.97 Å². The van der Waals surface area contributed by atoms with E-state index in [2.05, 4.69) is 6.58 Å². The molecule has 1 unspecified atom stereocenters. The van der Waals surface area contributed by atoms with Gasteiger partial charge in [0.25, 0.3) is 0 Å². The molecule has 0 aliphatic carbocycles. The van der Waals surface area contributed by atoms with Gasteiger partial charge in [0.1, 0.15) is 12.0 Å². The van der Waals surface area contributed by atoms with Crippen LogP contribution in [-0.4, -0.2) is 25.8 Å². The summed E-state index contributed by atoms with van der Waals surface area (Å²) in [6.45, 7) is 9.06. The lowest BCUT2D eigenvalue weighted by Gasteiger charge is -2.31. The van der Waals surface area contributed by atoms with E-state index in [0.717, 1.165) is 25.0 Å². The highest BCUT2D eigenvalue weighted by molar-refractivity contribution is 5.79. The molecule has 1 fully saturated rings. The Balaban J connectivity index is 2.58. The second-order valence-corrected chi connectivity index (χ2v) is 4.23. The maximum Gasteiger partial charge on any atom is 0.318 e. The Morgan fingerprint density at radius 2 is 2.38 bits per heavy atom. The van der Waals surface area contributed by atoms with Crippen molar-refractivity contribution in [3.8, 4) is 0 Å². The van der Waals surface area contributed by atoms with Crippen LogP contribution in [-0.2, 0) is 14.3 Å². The van der Waals surface area contributed by atoms with Gasteiger partial charge < -0.3 is 9.47 Å². The van der Waals surface area contributed by atoms with Gasteiger partial charge in [0, 0.05) is 6.61 Å². The van der Waals surface area contributed by atoms with Crippen molar-refractivity contribution in [3.05, 3.63) is 24.3 Å². The van der Waals surface area contributed by atoms with Crippen molar-refractivity contribution in [1.29, 1.82) is 0 Å². The topological polar surface area (TPSA) is 35.5 Å². The van der Waals surface area contributed by atoms with Gasteiger partial charge in [-0.25, -0.2) is 0 Å². The summed E-state index contributed by atoms with van der Waals surface area (Å²) in [5, 5.41) is 0. The fourth-order valence-electron chi connectivity index (χ4n) is 1.63. The Kier molecular flexibility index (Phi) is 4.74. The normalized spacial score (nSPS) is 26.2. The van der Waals surface area contributed by atoms with Gasteiger partial charge in [0.05, 0.1) is 6.61 Å². The second kappa shape index (κ2) is 5.85. The predicted molar refractivity (Wildman–Crippen MR) is 63.1 cm³/mol. The molecule has 3 nitrogen and oxygen atoms in total. The third-order valence-corrected chi connectivity index (χ3v) is 2.99. The lowest BCUT2D eigenvalue weighted by Crippen LogP contribution is -2.39. The number of rotatable bonds is 4. The molecule has 16 heavy (non-hydrogen) atoms. The maximum absolute atomic E-state index is 12.0. The molecule has 1 aliphatic rings. The summed E-state index contributed by atoms with van der Waals surface area (Å²) in [7, 11) is 0. The number of esters is 1. The van der Waals surface area contributed by atoms with Crippen LogP contribution < -0.4 is 0 Å². The van der Waals surface area contributed by atoms with Crippen LogP contribution in [0.4, 0.5) is 0 Å². The van der Waals surface area contributed by atoms with Gasteiger partial charge in [-0.1, -0.05) is 12.2 Å². The van der Waals surface area contributed by atoms with Crippen LogP contribution in [0.25, 0.3) is 0 Å². The number of hydrogen-bond donors (Lipinski definition) is 0. The quantitative estimate of drug-likeness (QED) is 0.543. The summed E-state index contributed by atoms with van der Waals surface area (Å²) >= 11 is 0. The van der Waals surface area contributed by atoms with E-state index in [0.29, 0.717) is 13.2 Å². The lowest BCUT2D eigenvalue weighted by atomic mass is 9.83. The fourth-order valence-corrected chi connectivity index (χ4v) is 1.63. The lowest BCUT2D eigenvalue weighted by molar-refractivity contribution is -0.158. The zero-order valence-corrected chi connectivity index (χ0v) is 10.1. The zero-order chi connectivity index (χ0) is 12.0. The molecule has 0 saturated carbocycles. The van der Waals surface area contributed by atoms with Crippen molar-refractivity contribution in [2.75, 3.05) is 19.8 Å². The Labute approximate surface area is 97.1 Å². The largest absolute Gasteiger partial charge is 0.460 e. The molecule has 0 amide bonds. The Hall–Kier alpha value is -1.09. The number of carbonyl (C=O) groups is 1. The fraction of sp³-hybridized carbons (Fsp3) is 0.615. The SMILES string of the molecule is C=CC1(C(=O)OCC(C)=CC)CCCOC1. The molecule has 0 bridgehead atoms. The first kappa shape index (κ1) is 13.0. The number of carbonyl (C=O) groups excluding carboxylic acids is 1.